The van der Waals surface area contributed by atoms with Crippen LogP contribution >= 0.6 is 0 Å². The molecule has 1 nitrogen and oxygen atoms in total. The van der Waals surface area contributed by atoms with E-state index in [0.717, 1.165) is 0 Å². The highest BCUT2D eigenvalue weighted by Gasteiger charge is 2.20. The second-order valence-corrected chi connectivity index (χ2v) is 4.33. The lowest BCUT2D eigenvalue weighted by molar-refractivity contribution is 0.335. The third-order valence-corrected chi connectivity index (χ3v) is 1.98. The Balaban J connectivity index is 4.61. The molecule has 0 radical (unpaired) electrons. The molecule has 0 aromatic rings. The van der Waals surface area contributed by atoms with Gasteiger partial charge in [0.1, 0.15) is 0 Å². The van der Waals surface area contributed by atoms with Crippen molar-refractivity contribution in [2.24, 2.45) is 5.41 Å². The molecular formula is C12H21N. The van der Waals surface area contributed by atoms with Crippen molar-refractivity contribution in [3.8, 4) is 0 Å². The monoisotopic (exact) mass is 179 g/mol. The fraction of sp³-hybridized carbons (Fsp3) is 0.500. The zero-order valence-corrected chi connectivity index (χ0v) is 9.22. The van der Waals surface area contributed by atoms with Gasteiger partial charge in [-0.25, -0.2) is 0 Å². The van der Waals surface area contributed by atoms with Gasteiger partial charge in [-0.15, -0.1) is 0 Å². The molecule has 0 aromatic heterocycles. The molecule has 0 bridgehead atoms. The maximum Gasteiger partial charge on any atom is 0.0492 e. The zero-order chi connectivity index (χ0) is 10.5. The first kappa shape index (κ1) is 12.0. The molecule has 1 N–H and O–H groups in total. The number of allylic oxidation sites excluding steroid dienone is 2. The lowest BCUT2D eigenvalue weighted by Gasteiger charge is -2.28. The van der Waals surface area contributed by atoms with E-state index in [9.17, 15) is 0 Å². The van der Waals surface area contributed by atoms with Crippen molar-refractivity contribution in [1.82, 2.24) is 5.32 Å². The van der Waals surface area contributed by atoms with Crippen LogP contribution < -0.4 is 5.32 Å². The van der Waals surface area contributed by atoms with Crippen molar-refractivity contribution in [3.63, 3.8) is 0 Å². The molecule has 0 aromatic carbocycles. The van der Waals surface area contributed by atoms with Crippen LogP contribution in [0.5, 0.6) is 0 Å². The fourth-order valence-corrected chi connectivity index (χ4v) is 1.01. The first-order chi connectivity index (χ1) is 5.91. The number of hydrogen-bond acceptors (Lipinski definition) is 1. The SMILES string of the molecule is C=CNC(/C=C(\C)C=C)C(C)(C)C. The predicted molar refractivity (Wildman–Crippen MR) is 60.5 cm³/mol. The highest BCUT2D eigenvalue weighted by atomic mass is 14.9. The first-order valence-corrected chi connectivity index (χ1v) is 4.59. The van der Waals surface area contributed by atoms with E-state index >= 15 is 0 Å². The zero-order valence-electron chi connectivity index (χ0n) is 9.22. The average molecular weight is 179 g/mol. The van der Waals surface area contributed by atoms with Crippen LogP contribution in [0.3, 0.4) is 0 Å². The van der Waals surface area contributed by atoms with Gasteiger partial charge in [-0.05, 0) is 18.5 Å². The summed E-state index contributed by atoms with van der Waals surface area (Å²) in [6.45, 7) is 16.1. The lowest BCUT2D eigenvalue weighted by atomic mass is 9.86. The first-order valence-electron chi connectivity index (χ1n) is 4.59. The van der Waals surface area contributed by atoms with E-state index in [2.05, 4.69) is 52.2 Å². The van der Waals surface area contributed by atoms with E-state index in [1.54, 1.807) is 6.20 Å². The van der Waals surface area contributed by atoms with Crippen LogP contribution in [-0.2, 0) is 0 Å². The number of rotatable bonds is 4. The molecule has 13 heavy (non-hydrogen) atoms. The Bertz CT molecular complexity index is 206. The van der Waals surface area contributed by atoms with Gasteiger partial charge in [0.2, 0.25) is 0 Å². The highest BCUT2D eigenvalue weighted by molar-refractivity contribution is 5.17. The maximum absolute atomic E-state index is 3.73. The number of nitrogens with one attached hydrogen (secondary N) is 1. The molecule has 0 aliphatic heterocycles. The summed E-state index contributed by atoms with van der Waals surface area (Å²) in [6.07, 6.45) is 5.78. The summed E-state index contributed by atoms with van der Waals surface area (Å²) in [6, 6.07) is 0.308. The number of hydrogen-bond donors (Lipinski definition) is 1. The molecule has 74 valence electrons. The second-order valence-electron chi connectivity index (χ2n) is 4.33. The largest absolute Gasteiger partial charge is 0.385 e. The summed E-state index contributed by atoms with van der Waals surface area (Å²) >= 11 is 0. The topological polar surface area (TPSA) is 12.0 Å². The van der Waals surface area contributed by atoms with Gasteiger partial charge >= 0.3 is 0 Å². The molecule has 0 rings (SSSR count). The van der Waals surface area contributed by atoms with Gasteiger partial charge in [0.05, 0.1) is 0 Å². The minimum atomic E-state index is 0.193. The quantitative estimate of drug-likeness (QED) is 0.653. The Morgan fingerprint density at radius 2 is 1.85 bits per heavy atom. The van der Waals surface area contributed by atoms with Crippen LogP contribution in [0.4, 0.5) is 0 Å². The lowest BCUT2D eigenvalue weighted by Crippen LogP contribution is -2.35. The van der Waals surface area contributed by atoms with E-state index in [0.29, 0.717) is 6.04 Å². The Morgan fingerprint density at radius 3 is 2.15 bits per heavy atom. The molecule has 0 amide bonds. The third kappa shape index (κ3) is 4.56. The van der Waals surface area contributed by atoms with Gasteiger partial charge in [0.25, 0.3) is 0 Å². The normalized spacial score (nSPS) is 14.9. The van der Waals surface area contributed by atoms with E-state index in [4.69, 9.17) is 0 Å². The van der Waals surface area contributed by atoms with E-state index < -0.39 is 0 Å². The van der Waals surface area contributed by atoms with Crippen molar-refractivity contribution >= 4 is 0 Å². The summed E-state index contributed by atoms with van der Waals surface area (Å²) in [5.74, 6) is 0. The molecule has 1 unspecified atom stereocenters. The van der Waals surface area contributed by atoms with Crippen molar-refractivity contribution in [3.05, 3.63) is 37.1 Å². The molecule has 0 spiro atoms. The molecular weight excluding hydrogens is 158 g/mol. The smallest absolute Gasteiger partial charge is 0.0492 e. The predicted octanol–water partition coefficient (Wildman–Crippen LogP) is 3.27. The van der Waals surface area contributed by atoms with Crippen LogP contribution in [0, 0.1) is 5.41 Å². The van der Waals surface area contributed by atoms with Gasteiger partial charge in [0, 0.05) is 6.04 Å². The van der Waals surface area contributed by atoms with Crippen molar-refractivity contribution in [2.45, 2.75) is 33.7 Å². The van der Waals surface area contributed by atoms with Crippen molar-refractivity contribution in [1.29, 1.82) is 0 Å². The Morgan fingerprint density at radius 1 is 1.31 bits per heavy atom. The van der Waals surface area contributed by atoms with Gasteiger partial charge in [-0.1, -0.05) is 51.7 Å². The molecule has 0 fully saturated rings. The summed E-state index contributed by atoms with van der Waals surface area (Å²) in [5, 5.41) is 3.23. The van der Waals surface area contributed by atoms with Crippen LogP contribution in [0.25, 0.3) is 0 Å². The minimum Gasteiger partial charge on any atom is -0.385 e. The van der Waals surface area contributed by atoms with Gasteiger partial charge in [0.15, 0.2) is 0 Å². The van der Waals surface area contributed by atoms with Crippen molar-refractivity contribution in [2.75, 3.05) is 0 Å². The van der Waals surface area contributed by atoms with Crippen molar-refractivity contribution < 1.29 is 0 Å². The minimum absolute atomic E-state index is 0.193. The van der Waals surface area contributed by atoms with Crippen LogP contribution in [0.15, 0.2) is 37.1 Å². The molecule has 0 heterocycles. The summed E-state index contributed by atoms with van der Waals surface area (Å²) in [4.78, 5) is 0. The third-order valence-electron chi connectivity index (χ3n) is 1.98. The van der Waals surface area contributed by atoms with Gasteiger partial charge < -0.3 is 5.32 Å². The van der Waals surface area contributed by atoms with Gasteiger partial charge in [-0.3, -0.25) is 0 Å². The summed E-state index contributed by atoms with van der Waals surface area (Å²) < 4.78 is 0. The summed E-state index contributed by atoms with van der Waals surface area (Å²) in [7, 11) is 0. The highest BCUT2D eigenvalue weighted by Crippen LogP contribution is 2.21. The van der Waals surface area contributed by atoms with E-state index in [-0.39, 0.29) is 5.41 Å². The Kier molecular flexibility index (Phi) is 4.53. The van der Waals surface area contributed by atoms with E-state index in [1.165, 1.54) is 5.57 Å². The molecule has 0 aliphatic rings. The maximum atomic E-state index is 3.73. The average Bonchev–Trinajstić information content (AvgIpc) is 2.01. The summed E-state index contributed by atoms with van der Waals surface area (Å²) in [5.41, 5.74) is 1.38. The van der Waals surface area contributed by atoms with Crippen LogP contribution in [0.2, 0.25) is 0 Å². The van der Waals surface area contributed by atoms with E-state index in [1.807, 2.05) is 6.08 Å². The fourth-order valence-electron chi connectivity index (χ4n) is 1.01. The molecule has 0 aliphatic carbocycles. The Hall–Kier alpha value is -0.980. The second kappa shape index (κ2) is 4.90. The van der Waals surface area contributed by atoms with Crippen LogP contribution in [0.1, 0.15) is 27.7 Å². The Labute approximate surface area is 82.2 Å². The van der Waals surface area contributed by atoms with Crippen LogP contribution in [-0.4, -0.2) is 6.04 Å². The molecule has 1 atom stereocenters. The standard InChI is InChI=1S/C12H21N/c1-7-10(3)9-11(13-8-2)12(4,5)6/h7-9,11,13H,1-2H2,3-6H3/b10-9+. The molecule has 1 heteroatoms. The van der Waals surface area contributed by atoms with Gasteiger partial charge in [-0.2, -0.15) is 0 Å². The molecule has 0 saturated heterocycles. The molecule has 0 saturated carbocycles.